The maximum Gasteiger partial charge on any atom is 0.338 e. The van der Waals surface area contributed by atoms with Gasteiger partial charge in [-0.3, -0.25) is 14.5 Å². The lowest BCUT2D eigenvalue weighted by atomic mass is 10.0. The van der Waals surface area contributed by atoms with Crippen LogP contribution in [0.1, 0.15) is 25.5 Å². The molecule has 1 aliphatic rings. The smallest absolute Gasteiger partial charge is 0.338 e. The number of fused-ring (bicyclic) bond motifs is 1. The molecule has 1 aliphatic heterocycles. The number of anilines is 1. The number of amides is 4. The zero-order valence-electron chi connectivity index (χ0n) is 18.3. The summed E-state index contributed by atoms with van der Waals surface area (Å²) in [6.45, 7) is 4.37. The number of barbiturate groups is 1. The van der Waals surface area contributed by atoms with Gasteiger partial charge in [-0.2, -0.15) is 0 Å². The summed E-state index contributed by atoms with van der Waals surface area (Å²) in [5.74, 6) is -1.26. The Bertz CT molecular complexity index is 1210. The Kier molecular flexibility index (Phi) is 5.92. The molecule has 1 fully saturated rings. The summed E-state index contributed by atoms with van der Waals surface area (Å²) < 4.78 is 7.18. The highest BCUT2D eigenvalue weighted by Gasteiger charge is 2.42. The number of urea groups is 1. The Morgan fingerprint density at radius 3 is 2.31 bits per heavy atom. The van der Waals surface area contributed by atoms with Gasteiger partial charge >= 0.3 is 6.03 Å². The fourth-order valence-electron chi connectivity index (χ4n) is 3.89. The zero-order chi connectivity index (χ0) is 22.8. The first-order chi connectivity index (χ1) is 15.4. The van der Waals surface area contributed by atoms with Crippen molar-refractivity contribution in [2.45, 2.75) is 19.9 Å². The van der Waals surface area contributed by atoms with E-state index in [4.69, 9.17) is 4.74 Å². The first kappa shape index (κ1) is 21.5. The quantitative estimate of drug-likeness (QED) is 0.432. The van der Waals surface area contributed by atoms with Crippen molar-refractivity contribution < 1.29 is 19.1 Å². The van der Waals surface area contributed by atoms with E-state index in [2.05, 4.69) is 18.4 Å². The molecule has 4 rings (SSSR count). The highest BCUT2D eigenvalue weighted by atomic mass is 16.5. The number of imide groups is 2. The average molecular weight is 431 g/mol. The van der Waals surface area contributed by atoms with E-state index >= 15 is 0 Å². The number of nitrogens with zero attached hydrogens (tertiary/aromatic N) is 3. The normalized spacial score (nSPS) is 16.1. The second kappa shape index (κ2) is 8.80. The number of ether oxygens (including phenoxy) is 1. The van der Waals surface area contributed by atoms with Crippen LogP contribution in [0.2, 0.25) is 0 Å². The van der Waals surface area contributed by atoms with Gasteiger partial charge < -0.3 is 9.30 Å². The van der Waals surface area contributed by atoms with E-state index < -0.39 is 17.8 Å². The zero-order valence-corrected chi connectivity index (χ0v) is 18.3. The molecular weight excluding hydrogens is 406 g/mol. The van der Waals surface area contributed by atoms with Crippen molar-refractivity contribution >= 4 is 40.5 Å². The maximum absolute atomic E-state index is 13.4. The van der Waals surface area contributed by atoms with E-state index in [1.54, 1.807) is 36.4 Å². The van der Waals surface area contributed by atoms with Crippen molar-refractivity contribution in [3.05, 3.63) is 71.9 Å². The van der Waals surface area contributed by atoms with Gasteiger partial charge in [0, 0.05) is 35.8 Å². The van der Waals surface area contributed by atoms with Crippen LogP contribution in [0, 0.1) is 0 Å². The largest absolute Gasteiger partial charge is 0.383 e. The van der Waals surface area contributed by atoms with E-state index in [0.29, 0.717) is 5.69 Å². The molecule has 7 nitrogen and oxygen atoms in total. The fourth-order valence-corrected chi connectivity index (χ4v) is 3.89. The maximum atomic E-state index is 13.4. The number of hydrogen-bond donors (Lipinski definition) is 0. The molecule has 7 heteroatoms. The number of carbonyl (C=O) groups is 3. The number of aromatic nitrogens is 1. The number of carbonyl (C=O) groups excluding carboxylic acids is 3. The number of methoxy groups -OCH3 is 1. The highest BCUT2D eigenvalue weighted by molar-refractivity contribution is 6.39. The van der Waals surface area contributed by atoms with Crippen LogP contribution in [0.4, 0.5) is 10.5 Å². The molecule has 0 bridgehead atoms. The molecule has 1 aromatic heterocycles. The van der Waals surface area contributed by atoms with Gasteiger partial charge in [0.1, 0.15) is 5.57 Å². The third-order valence-electron chi connectivity index (χ3n) is 5.49. The van der Waals surface area contributed by atoms with Crippen LogP contribution in [0.25, 0.3) is 17.0 Å². The van der Waals surface area contributed by atoms with Crippen LogP contribution in [0.5, 0.6) is 0 Å². The summed E-state index contributed by atoms with van der Waals surface area (Å²) >= 11 is 0. The molecule has 0 aliphatic carbocycles. The molecule has 32 heavy (non-hydrogen) atoms. The predicted octanol–water partition coefficient (Wildman–Crippen LogP) is 4.25. The number of hydrogen-bond acceptors (Lipinski definition) is 4. The minimum Gasteiger partial charge on any atom is -0.383 e. The third-order valence-corrected chi connectivity index (χ3v) is 5.49. The first-order valence-electron chi connectivity index (χ1n) is 10.5. The number of para-hydroxylation sites is 2. The first-order valence-corrected chi connectivity index (χ1v) is 10.5. The van der Waals surface area contributed by atoms with Crippen LogP contribution in [0.15, 0.2) is 66.4 Å². The molecule has 164 valence electrons. The highest BCUT2D eigenvalue weighted by Crippen LogP contribution is 2.30. The summed E-state index contributed by atoms with van der Waals surface area (Å²) in [7, 11) is 1.50. The van der Waals surface area contributed by atoms with Crippen LogP contribution in [-0.2, 0) is 14.3 Å². The predicted molar refractivity (Wildman–Crippen MR) is 123 cm³/mol. The number of rotatable bonds is 6. The summed E-state index contributed by atoms with van der Waals surface area (Å²) in [5, 5.41) is 0.931. The van der Waals surface area contributed by atoms with Crippen molar-refractivity contribution in [3.8, 4) is 0 Å². The van der Waals surface area contributed by atoms with Crippen molar-refractivity contribution in [3.63, 3.8) is 0 Å². The molecule has 3 aromatic rings. The Balaban J connectivity index is 1.86. The molecule has 0 N–H and O–H groups in total. The lowest BCUT2D eigenvalue weighted by molar-refractivity contribution is -0.129. The van der Waals surface area contributed by atoms with Crippen LogP contribution in [0.3, 0.4) is 0 Å². The second-order valence-corrected chi connectivity index (χ2v) is 7.87. The number of benzene rings is 2. The van der Waals surface area contributed by atoms with E-state index in [-0.39, 0.29) is 24.8 Å². The van der Waals surface area contributed by atoms with Gasteiger partial charge in [-0.1, -0.05) is 36.4 Å². The standard InChI is InChI=1S/C25H25N3O4/c1-17(2)27-16-18(20-11-7-8-12-22(20)27)15-21-23(29)26(13-14-32-3)25(31)28(24(21)30)19-9-5-4-6-10-19/h4-12,15-17H,13-14H2,1-3H3/b21-15-. The molecule has 0 saturated carbocycles. The van der Waals surface area contributed by atoms with Crippen LogP contribution in [-0.4, -0.2) is 47.6 Å². The molecule has 0 atom stereocenters. The lowest BCUT2D eigenvalue weighted by Gasteiger charge is -2.33. The minimum atomic E-state index is -0.676. The van der Waals surface area contributed by atoms with Crippen LogP contribution >= 0.6 is 0 Å². The van der Waals surface area contributed by atoms with Crippen molar-refractivity contribution in [2.24, 2.45) is 0 Å². The van der Waals surface area contributed by atoms with Crippen molar-refractivity contribution in [1.29, 1.82) is 0 Å². The molecule has 2 aromatic carbocycles. The van der Waals surface area contributed by atoms with Crippen molar-refractivity contribution in [2.75, 3.05) is 25.2 Å². The molecule has 2 heterocycles. The van der Waals surface area contributed by atoms with Crippen molar-refractivity contribution in [1.82, 2.24) is 9.47 Å². The molecule has 1 saturated heterocycles. The fraction of sp³-hybridized carbons (Fsp3) is 0.240. The van der Waals surface area contributed by atoms with Crippen LogP contribution < -0.4 is 4.90 Å². The van der Waals surface area contributed by atoms with Gasteiger partial charge in [0.2, 0.25) is 0 Å². The van der Waals surface area contributed by atoms with E-state index in [1.165, 1.54) is 7.11 Å². The molecule has 0 unspecified atom stereocenters. The lowest BCUT2D eigenvalue weighted by Crippen LogP contribution is -2.57. The van der Waals surface area contributed by atoms with E-state index in [1.807, 2.05) is 30.5 Å². The summed E-state index contributed by atoms with van der Waals surface area (Å²) in [6.07, 6.45) is 3.53. The Hall–Kier alpha value is -3.71. The second-order valence-electron chi connectivity index (χ2n) is 7.87. The molecule has 4 amide bonds. The molecule has 0 radical (unpaired) electrons. The Morgan fingerprint density at radius 1 is 0.938 bits per heavy atom. The molecular formula is C25H25N3O4. The topological polar surface area (TPSA) is 71.8 Å². The van der Waals surface area contributed by atoms with Gasteiger partial charge in [-0.25, -0.2) is 9.69 Å². The van der Waals surface area contributed by atoms with E-state index in [9.17, 15) is 14.4 Å². The van der Waals surface area contributed by atoms with Gasteiger partial charge in [0.25, 0.3) is 11.8 Å². The Morgan fingerprint density at radius 2 is 1.62 bits per heavy atom. The summed E-state index contributed by atoms with van der Waals surface area (Å²) in [4.78, 5) is 41.8. The van der Waals surface area contributed by atoms with Gasteiger partial charge in [0.15, 0.2) is 0 Å². The van der Waals surface area contributed by atoms with E-state index in [0.717, 1.165) is 26.3 Å². The van der Waals surface area contributed by atoms with Gasteiger partial charge in [-0.15, -0.1) is 0 Å². The average Bonchev–Trinajstić information content (AvgIpc) is 3.16. The Labute approximate surface area is 186 Å². The van der Waals surface area contributed by atoms with Gasteiger partial charge in [0.05, 0.1) is 18.8 Å². The third kappa shape index (κ3) is 3.71. The SMILES string of the molecule is COCCN1C(=O)/C(=C/c2cn(C(C)C)c3ccccc23)C(=O)N(c2ccccc2)C1=O. The minimum absolute atomic E-state index is 0.0515. The molecule has 0 spiro atoms. The summed E-state index contributed by atoms with van der Waals surface area (Å²) in [5.41, 5.74) is 2.11. The monoisotopic (exact) mass is 431 g/mol. The summed E-state index contributed by atoms with van der Waals surface area (Å²) in [6, 6.07) is 16.0. The van der Waals surface area contributed by atoms with Gasteiger partial charge in [-0.05, 0) is 38.1 Å².